The molecule has 3 atom stereocenters. The molecule has 0 aromatic rings. The van der Waals surface area contributed by atoms with Gasteiger partial charge in [0.2, 0.25) is 0 Å². The van der Waals surface area contributed by atoms with Gasteiger partial charge in [-0.25, -0.2) is 0 Å². The highest BCUT2D eigenvalue weighted by Crippen LogP contribution is 2.46. The SMILES string of the molecule is CCCCCCC(O)C1(C#N)CCC(CC)C1. The second kappa shape index (κ2) is 7.01. The van der Waals surface area contributed by atoms with Crippen molar-refractivity contribution in [3.05, 3.63) is 0 Å². The Bertz CT molecular complexity index is 258. The standard InChI is InChI=1S/C15H27NO/c1-3-5-6-7-8-14(17)15(12-16)10-9-13(4-2)11-15/h13-14,17H,3-11H2,1-2H3. The molecule has 0 radical (unpaired) electrons. The maximum Gasteiger partial charge on any atom is 0.0835 e. The molecular formula is C15H27NO. The van der Waals surface area contributed by atoms with Gasteiger partial charge in [-0.2, -0.15) is 5.26 Å². The van der Waals surface area contributed by atoms with Gasteiger partial charge in [0, 0.05) is 0 Å². The van der Waals surface area contributed by atoms with Crippen molar-refractivity contribution in [2.24, 2.45) is 11.3 Å². The monoisotopic (exact) mass is 237 g/mol. The summed E-state index contributed by atoms with van der Waals surface area (Å²) in [6.07, 6.45) is 9.20. The van der Waals surface area contributed by atoms with Crippen LogP contribution in [-0.2, 0) is 0 Å². The van der Waals surface area contributed by atoms with Gasteiger partial charge in [0.25, 0.3) is 0 Å². The molecule has 0 aliphatic heterocycles. The summed E-state index contributed by atoms with van der Waals surface area (Å²) >= 11 is 0. The van der Waals surface area contributed by atoms with E-state index in [1.165, 1.54) is 19.3 Å². The van der Waals surface area contributed by atoms with Gasteiger partial charge in [-0.15, -0.1) is 0 Å². The lowest BCUT2D eigenvalue weighted by Crippen LogP contribution is -2.31. The van der Waals surface area contributed by atoms with Crippen LogP contribution in [0.2, 0.25) is 0 Å². The minimum absolute atomic E-state index is 0.402. The second-order valence-corrected chi connectivity index (χ2v) is 5.65. The van der Waals surface area contributed by atoms with E-state index in [0.29, 0.717) is 5.92 Å². The Morgan fingerprint density at radius 2 is 2.12 bits per heavy atom. The van der Waals surface area contributed by atoms with Crippen molar-refractivity contribution in [2.45, 2.75) is 77.7 Å². The lowest BCUT2D eigenvalue weighted by Gasteiger charge is -2.27. The fourth-order valence-corrected chi connectivity index (χ4v) is 3.05. The van der Waals surface area contributed by atoms with E-state index in [1.54, 1.807) is 0 Å². The van der Waals surface area contributed by atoms with Crippen LogP contribution >= 0.6 is 0 Å². The lowest BCUT2D eigenvalue weighted by molar-refractivity contribution is 0.0549. The minimum Gasteiger partial charge on any atom is -0.391 e. The number of hydrogen-bond acceptors (Lipinski definition) is 2. The van der Waals surface area contributed by atoms with Gasteiger partial charge in [0.05, 0.1) is 17.6 Å². The molecule has 0 spiro atoms. The van der Waals surface area contributed by atoms with Crippen molar-refractivity contribution in [1.29, 1.82) is 5.26 Å². The van der Waals surface area contributed by atoms with E-state index >= 15 is 0 Å². The van der Waals surface area contributed by atoms with E-state index in [0.717, 1.165) is 38.5 Å². The summed E-state index contributed by atoms with van der Waals surface area (Å²) in [6, 6.07) is 2.43. The third kappa shape index (κ3) is 3.71. The number of nitrogens with zero attached hydrogens (tertiary/aromatic N) is 1. The molecule has 1 N–H and O–H groups in total. The topological polar surface area (TPSA) is 44.0 Å². The molecule has 17 heavy (non-hydrogen) atoms. The summed E-state index contributed by atoms with van der Waals surface area (Å²) in [5, 5.41) is 19.7. The number of rotatable bonds is 7. The van der Waals surface area contributed by atoms with Crippen molar-refractivity contribution >= 4 is 0 Å². The average molecular weight is 237 g/mol. The van der Waals surface area contributed by atoms with Crippen LogP contribution in [0.5, 0.6) is 0 Å². The predicted molar refractivity (Wildman–Crippen MR) is 70.4 cm³/mol. The van der Waals surface area contributed by atoms with Gasteiger partial charge in [0.1, 0.15) is 0 Å². The number of unbranched alkanes of at least 4 members (excludes halogenated alkanes) is 3. The van der Waals surface area contributed by atoms with Gasteiger partial charge in [-0.3, -0.25) is 0 Å². The molecule has 0 aromatic heterocycles. The number of aliphatic hydroxyl groups is 1. The molecule has 1 saturated carbocycles. The third-order valence-corrected chi connectivity index (χ3v) is 4.42. The molecule has 98 valence electrons. The van der Waals surface area contributed by atoms with Gasteiger partial charge >= 0.3 is 0 Å². The zero-order valence-corrected chi connectivity index (χ0v) is 11.4. The van der Waals surface area contributed by atoms with E-state index < -0.39 is 11.5 Å². The number of aliphatic hydroxyl groups excluding tert-OH is 1. The highest BCUT2D eigenvalue weighted by Gasteiger charge is 2.44. The summed E-state index contributed by atoms with van der Waals surface area (Å²) < 4.78 is 0. The molecule has 2 heteroatoms. The first-order valence-electron chi connectivity index (χ1n) is 7.27. The molecule has 2 nitrogen and oxygen atoms in total. The lowest BCUT2D eigenvalue weighted by atomic mass is 9.78. The number of hydrogen-bond donors (Lipinski definition) is 1. The quantitative estimate of drug-likeness (QED) is 0.679. The Hall–Kier alpha value is -0.550. The third-order valence-electron chi connectivity index (χ3n) is 4.42. The summed E-state index contributed by atoms with van der Waals surface area (Å²) in [5.41, 5.74) is -0.424. The van der Waals surface area contributed by atoms with Crippen molar-refractivity contribution in [3.8, 4) is 6.07 Å². The van der Waals surface area contributed by atoms with E-state index in [2.05, 4.69) is 19.9 Å². The van der Waals surface area contributed by atoms with Crippen LogP contribution in [0.15, 0.2) is 0 Å². The Morgan fingerprint density at radius 3 is 2.65 bits per heavy atom. The zero-order chi connectivity index (χ0) is 12.7. The fraction of sp³-hybridized carbons (Fsp3) is 0.933. The first kappa shape index (κ1) is 14.5. The molecule has 1 aliphatic carbocycles. The van der Waals surface area contributed by atoms with Crippen molar-refractivity contribution < 1.29 is 5.11 Å². The number of nitriles is 1. The maximum atomic E-state index is 10.3. The molecule has 0 bridgehead atoms. The molecule has 0 aromatic carbocycles. The van der Waals surface area contributed by atoms with E-state index in [4.69, 9.17) is 0 Å². The van der Waals surface area contributed by atoms with E-state index in [-0.39, 0.29) is 0 Å². The normalized spacial score (nSPS) is 30.1. The first-order valence-corrected chi connectivity index (χ1v) is 7.27. The Labute approximate surface area is 106 Å². The summed E-state index contributed by atoms with van der Waals surface area (Å²) in [6.45, 7) is 4.38. The van der Waals surface area contributed by atoms with Crippen LogP contribution in [0.3, 0.4) is 0 Å². The zero-order valence-electron chi connectivity index (χ0n) is 11.4. The summed E-state index contributed by atoms with van der Waals surface area (Å²) in [7, 11) is 0. The van der Waals surface area contributed by atoms with Gasteiger partial charge in [-0.1, -0.05) is 46.0 Å². The smallest absolute Gasteiger partial charge is 0.0835 e. The Balaban J connectivity index is 2.42. The van der Waals surface area contributed by atoms with Crippen LogP contribution in [-0.4, -0.2) is 11.2 Å². The van der Waals surface area contributed by atoms with Gasteiger partial charge in [-0.05, 0) is 31.6 Å². The molecule has 0 heterocycles. The first-order chi connectivity index (χ1) is 8.18. The molecule has 1 rings (SSSR count). The maximum absolute atomic E-state index is 10.3. The molecular weight excluding hydrogens is 210 g/mol. The van der Waals surface area contributed by atoms with Crippen LogP contribution < -0.4 is 0 Å². The largest absolute Gasteiger partial charge is 0.391 e. The Morgan fingerprint density at radius 1 is 1.35 bits per heavy atom. The highest BCUT2D eigenvalue weighted by molar-refractivity contribution is 5.07. The molecule has 3 unspecified atom stereocenters. The predicted octanol–water partition coefficient (Wildman–Crippen LogP) is 4.04. The van der Waals surface area contributed by atoms with Crippen molar-refractivity contribution in [1.82, 2.24) is 0 Å². The highest BCUT2D eigenvalue weighted by atomic mass is 16.3. The van der Waals surface area contributed by atoms with Crippen LogP contribution in [0.1, 0.15) is 71.6 Å². The van der Waals surface area contributed by atoms with E-state index in [9.17, 15) is 10.4 Å². The van der Waals surface area contributed by atoms with Crippen LogP contribution in [0.4, 0.5) is 0 Å². The summed E-state index contributed by atoms with van der Waals surface area (Å²) in [4.78, 5) is 0. The van der Waals surface area contributed by atoms with Crippen molar-refractivity contribution in [3.63, 3.8) is 0 Å². The van der Waals surface area contributed by atoms with Crippen molar-refractivity contribution in [2.75, 3.05) is 0 Å². The fourth-order valence-electron chi connectivity index (χ4n) is 3.05. The van der Waals surface area contributed by atoms with E-state index in [1.807, 2.05) is 0 Å². The van der Waals surface area contributed by atoms with Gasteiger partial charge < -0.3 is 5.11 Å². The summed E-state index contributed by atoms with van der Waals surface area (Å²) in [5.74, 6) is 0.653. The van der Waals surface area contributed by atoms with Crippen LogP contribution in [0, 0.1) is 22.7 Å². The molecule has 0 amide bonds. The van der Waals surface area contributed by atoms with Gasteiger partial charge in [0.15, 0.2) is 0 Å². The minimum atomic E-state index is -0.424. The molecule has 1 fully saturated rings. The molecule has 1 aliphatic rings. The second-order valence-electron chi connectivity index (χ2n) is 5.65. The van der Waals surface area contributed by atoms with Crippen LogP contribution in [0.25, 0.3) is 0 Å². The average Bonchev–Trinajstić information content (AvgIpc) is 2.79. The Kier molecular flexibility index (Phi) is 5.98. The molecule has 0 saturated heterocycles.